The summed E-state index contributed by atoms with van der Waals surface area (Å²) in [4.78, 5) is 0. The summed E-state index contributed by atoms with van der Waals surface area (Å²) in [5, 5.41) is 10.4. The Kier molecular flexibility index (Phi) is 2.56. The fraction of sp³-hybridized carbons (Fsp3) is 0.700. The molecule has 0 amide bonds. The molecule has 0 aliphatic carbocycles. The van der Waals surface area contributed by atoms with E-state index >= 15 is 0 Å². The lowest BCUT2D eigenvalue weighted by Gasteiger charge is -2.28. The summed E-state index contributed by atoms with van der Waals surface area (Å²) in [6.45, 7) is 6.01. The minimum Gasteiger partial charge on any atom is -0.377 e. The van der Waals surface area contributed by atoms with Crippen molar-refractivity contribution < 1.29 is 4.74 Å². The monoisotopic (exact) mass is 195 g/mol. The topological polar surface area (TPSA) is 49.9 Å². The summed E-state index contributed by atoms with van der Waals surface area (Å²) in [5.74, 6) is 0. The maximum Gasteiger partial charge on any atom is 0.0726 e. The van der Waals surface area contributed by atoms with Gasteiger partial charge in [0.05, 0.1) is 6.10 Å². The van der Waals surface area contributed by atoms with Gasteiger partial charge < -0.3 is 10.1 Å². The number of nitrogens with one attached hydrogen (secondary N) is 2. The minimum absolute atomic E-state index is 0.102. The zero-order valence-corrected chi connectivity index (χ0v) is 8.71. The molecule has 1 aliphatic heterocycles. The molecule has 0 spiro atoms. The third-order valence-electron chi connectivity index (χ3n) is 3.13. The van der Waals surface area contributed by atoms with Crippen LogP contribution in [0.25, 0.3) is 0 Å². The summed E-state index contributed by atoms with van der Waals surface area (Å²) >= 11 is 0. The van der Waals surface area contributed by atoms with E-state index in [1.54, 1.807) is 6.20 Å². The Bertz CT molecular complexity index is 286. The van der Waals surface area contributed by atoms with E-state index in [4.69, 9.17) is 4.74 Å². The van der Waals surface area contributed by atoms with Gasteiger partial charge in [0.2, 0.25) is 0 Å². The van der Waals surface area contributed by atoms with Gasteiger partial charge >= 0.3 is 0 Å². The van der Waals surface area contributed by atoms with Crippen molar-refractivity contribution in [2.24, 2.45) is 0 Å². The molecule has 1 aromatic rings. The Hall–Kier alpha value is -0.870. The van der Waals surface area contributed by atoms with Crippen molar-refractivity contribution >= 4 is 0 Å². The van der Waals surface area contributed by atoms with Gasteiger partial charge in [-0.3, -0.25) is 5.10 Å². The molecule has 0 aromatic carbocycles. The van der Waals surface area contributed by atoms with E-state index in [-0.39, 0.29) is 11.6 Å². The molecule has 14 heavy (non-hydrogen) atoms. The lowest BCUT2D eigenvalue weighted by atomic mass is 9.95. The van der Waals surface area contributed by atoms with E-state index in [1.807, 2.05) is 6.07 Å². The van der Waals surface area contributed by atoms with E-state index in [0.717, 1.165) is 25.3 Å². The lowest BCUT2D eigenvalue weighted by Crippen LogP contribution is -2.47. The molecule has 1 fully saturated rings. The van der Waals surface area contributed by atoms with E-state index in [9.17, 15) is 0 Å². The summed E-state index contributed by atoms with van der Waals surface area (Å²) < 4.78 is 5.55. The molecule has 0 saturated carbocycles. The first-order chi connectivity index (χ1) is 6.71. The molecule has 78 valence electrons. The van der Waals surface area contributed by atoms with E-state index in [2.05, 4.69) is 29.4 Å². The SMILES string of the molecule is CC1OCCC1(C)NCc1ccn[nH]1. The molecule has 0 radical (unpaired) electrons. The normalized spacial score (nSPS) is 32.3. The number of hydrogen-bond donors (Lipinski definition) is 2. The molecule has 1 saturated heterocycles. The van der Waals surface area contributed by atoms with Crippen molar-refractivity contribution in [3.05, 3.63) is 18.0 Å². The molecule has 2 heterocycles. The van der Waals surface area contributed by atoms with Crippen LogP contribution in [0.15, 0.2) is 12.3 Å². The Balaban J connectivity index is 1.91. The highest BCUT2D eigenvalue weighted by Crippen LogP contribution is 2.25. The van der Waals surface area contributed by atoms with Crippen molar-refractivity contribution in [2.45, 2.75) is 38.5 Å². The van der Waals surface area contributed by atoms with Crippen LogP contribution in [0.3, 0.4) is 0 Å². The van der Waals surface area contributed by atoms with Crippen LogP contribution in [-0.2, 0) is 11.3 Å². The Morgan fingerprint density at radius 1 is 1.79 bits per heavy atom. The van der Waals surface area contributed by atoms with Crippen LogP contribution < -0.4 is 5.32 Å². The third kappa shape index (κ3) is 1.81. The number of hydrogen-bond acceptors (Lipinski definition) is 3. The first-order valence-corrected chi connectivity index (χ1v) is 5.05. The van der Waals surface area contributed by atoms with Crippen LogP contribution in [0.5, 0.6) is 0 Å². The second-order valence-corrected chi connectivity index (χ2v) is 4.12. The zero-order valence-electron chi connectivity index (χ0n) is 8.71. The molecule has 2 atom stereocenters. The van der Waals surface area contributed by atoms with Gasteiger partial charge in [-0.05, 0) is 26.3 Å². The average Bonchev–Trinajstić information content (AvgIpc) is 2.75. The third-order valence-corrected chi connectivity index (χ3v) is 3.13. The van der Waals surface area contributed by atoms with Crippen molar-refractivity contribution in [1.29, 1.82) is 0 Å². The average molecular weight is 195 g/mol. The first kappa shape index (κ1) is 9.68. The number of aromatic nitrogens is 2. The molecule has 1 aliphatic rings. The molecule has 0 bridgehead atoms. The highest BCUT2D eigenvalue weighted by atomic mass is 16.5. The molecule has 4 heteroatoms. The standard InChI is InChI=1S/C10H17N3O/c1-8-10(2,4-6-14-8)11-7-9-3-5-12-13-9/h3,5,8,11H,4,6-7H2,1-2H3,(H,12,13). The Morgan fingerprint density at radius 3 is 3.21 bits per heavy atom. The van der Waals surface area contributed by atoms with Crippen LogP contribution in [0.4, 0.5) is 0 Å². The van der Waals surface area contributed by atoms with E-state index in [1.165, 1.54) is 0 Å². The fourth-order valence-electron chi connectivity index (χ4n) is 1.75. The van der Waals surface area contributed by atoms with E-state index < -0.39 is 0 Å². The van der Waals surface area contributed by atoms with Crippen molar-refractivity contribution in [3.8, 4) is 0 Å². The molecule has 4 nitrogen and oxygen atoms in total. The minimum atomic E-state index is 0.102. The lowest BCUT2D eigenvalue weighted by molar-refractivity contribution is 0.0880. The molecule has 2 rings (SSSR count). The Morgan fingerprint density at radius 2 is 2.64 bits per heavy atom. The highest BCUT2D eigenvalue weighted by molar-refractivity contribution is 5.00. The van der Waals surface area contributed by atoms with Crippen LogP contribution in [0.2, 0.25) is 0 Å². The van der Waals surface area contributed by atoms with Crippen molar-refractivity contribution in [3.63, 3.8) is 0 Å². The number of nitrogens with zero attached hydrogens (tertiary/aromatic N) is 1. The van der Waals surface area contributed by atoms with Crippen molar-refractivity contribution in [2.75, 3.05) is 6.61 Å². The van der Waals surface area contributed by atoms with Gasteiger partial charge in [0.15, 0.2) is 0 Å². The molecule has 2 N–H and O–H groups in total. The van der Waals surface area contributed by atoms with Gasteiger partial charge in [-0.25, -0.2) is 0 Å². The Labute approximate surface area is 84.0 Å². The van der Waals surface area contributed by atoms with Crippen LogP contribution >= 0.6 is 0 Å². The summed E-state index contributed by atoms with van der Waals surface area (Å²) in [7, 11) is 0. The largest absolute Gasteiger partial charge is 0.377 e. The summed E-state index contributed by atoms with van der Waals surface area (Å²) in [5.41, 5.74) is 1.22. The van der Waals surface area contributed by atoms with Gasteiger partial charge in [0.1, 0.15) is 0 Å². The quantitative estimate of drug-likeness (QED) is 0.758. The second kappa shape index (κ2) is 3.71. The van der Waals surface area contributed by atoms with Gasteiger partial charge in [-0.2, -0.15) is 5.10 Å². The molecular formula is C10H17N3O. The number of aromatic amines is 1. The smallest absolute Gasteiger partial charge is 0.0726 e. The van der Waals surface area contributed by atoms with Gasteiger partial charge in [-0.15, -0.1) is 0 Å². The second-order valence-electron chi connectivity index (χ2n) is 4.12. The predicted octanol–water partition coefficient (Wildman–Crippen LogP) is 1.07. The molecular weight excluding hydrogens is 178 g/mol. The van der Waals surface area contributed by atoms with Crippen LogP contribution in [0.1, 0.15) is 26.0 Å². The number of rotatable bonds is 3. The highest BCUT2D eigenvalue weighted by Gasteiger charge is 2.36. The van der Waals surface area contributed by atoms with Gasteiger partial charge in [0, 0.05) is 30.6 Å². The van der Waals surface area contributed by atoms with Gasteiger partial charge in [-0.1, -0.05) is 0 Å². The summed E-state index contributed by atoms with van der Waals surface area (Å²) in [6.07, 6.45) is 3.13. The molecule has 2 unspecified atom stereocenters. The van der Waals surface area contributed by atoms with E-state index in [0.29, 0.717) is 0 Å². The maximum atomic E-state index is 5.55. The first-order valence-electron chi connectivity index (χ1n) is 5.05. The summed E-state index contributed by atoms with van der Waals surface area (Å²) in [6, 6.07) is 1.98. The van der Waals surface area contributed by atoms with Gasteiger partial charge in [0.25, 0.3) is 0 Å². The zero-order chi connectivity index (χ0) is 10.0. The van der Waals surface area contributed by atoms with Crippen molar-refractivity contribution in [1.82, 2.24) is 15.5 Å². The predicted molar refractivity (Wildman–Crippen MR) is 53.9 cm³/mol. The molecule has 1 aromatic heterocycles. The maximum absolute atomic E-state index is 5.55. The number of ether oxygens (including phenoxy) is 1. The fourth-order valence-corrected chi connectivity index (χ4v) is 1.75. The van der Waals surface area contributed by atoms with Crippen LogP contribution in [0, 0.1) is 0 Å². The number of H-pyrrole nitrogens is 1. The van der Waals surface area contributed by atoms with Crippen LogP contribution in [-0.4, -0.2) is 28.4 Å².